The first kappa shape index (κ1) is 23.8. The molecule has 1 saturated carbocycles. The second-order valence-electron chi connectivity index (χ2n) is 9.73. The van der Waals surface area contributed by atoms with Crippen molar-refractivity contribution in [2.75, 3.05) is 6.61 Å². The summed E-state index contributed by atoms with van der Waals surface area (Å²) in [7, 11) is 0. The molecule has 0 radical (unpaired) electrons. The Morgan fingerprint density at radius 1 is 0.941 bits per heavy atom. The maximum absolute atomic E-state index is 12.9. The van der Waals surface area contributed by atoms with Crippen LogP contribution in [-0.4, -0.2) is 41.8 Å². The van der Waals surface area contributed by atoms with Crippen molar-refractivity contribution in [2.24, 2.45) is 11.8 Å². The van der Waals surface area contributed by atoms with Crippen LogP contribution in [0.15, 0.2) is 48.5 Å². The second-order valence-corrected chi connectivity index (χ2v) is 9.73. The van der Waals surface area contributed by atoms with Crippen molar-refractivity contribution in [2.45, 2.75) is 57.5 Å². The number of carbonyl (C=O) groups excluding carboxylic acids is 2. The predicted molar refractivity (Wildman–Crippen MR) is 128 cm³/mol. The number of benzene rings is 2. The van der Waals surface area contributed by atoms with Crippen LogP contribution in [0.4, 0.5) is 4.79 Å². The molecule has 0 aliphatic heterocycles. The number of aliphatic carboxylic acids is 1. The molecule has 0 saturated heterocycles. The maximum atomic E-state index is 12.9. The van der Waals surface area contributed by atoms with E-state index < -0.39 is 30.1 Å². The second kappa shape index (κ2) is 10.3. The van der Waals surface area contributed by atoms with Crippen molar-refractivity contribution in [1.82, 2.24) is 10.6 Å². The zero-order valence-electron chi connectivity index (χ0n) is 19.6. The van der Waals surface area contributed by atoms with Crippen molar-refractivity contribution < 1.29 is 24.2 Å². The number of hydrogen-bond donors (Lipinski definition) is 3. The number of nitrogens with one attached hydrogen (secondary N) is 2. The number of carbonyl (C=O) groups is 3. The Balaban J connectivity index is 1.40. The summed E-state index contributed by atoms with van der Waals surface area (Å²) in [6.07, 6.45) is 2.14. The van der Waals surface area contributed by atoms with Gasteiger partial charge in [-0.3, -0.25) is 4.79 Å². The molecule has 4 rings (SSSR count). The topological polar surface area (TPSA) is 105 Å². The molecule has 2 aromatic carbocycles. The van der Waals surface area contributed by atoms with Gasteiger partial charge < -0.3 is 20.5 Å². The SMILES string of the molecule is CC(C)C[C@H](NC(=O)C(CC1CC1)NC(=O)OCC1c2ccccc2-c2ccccc21)C(=O)O. The van der Waals surface area contributed by atoms with Gasteiger partial charge in [-0.15, -0.1) is 0 Å². The third-order valence-electron chi connectivity index (χ3n) is 6.54. The van der Waals surface area contributed by atoms with Crippen LogP contribution in [0, 0.1) is 11.8 Å². The lowest BCUT2D eigenvalue weighted by atomic mass is 9.98. The molecule has 2 amide bonds. The third kappa shape index (κ3) is 5.58. The van der Waals surface area contributed by atoms with Crippen molar-refractivity contribution in [3.63, 3.8) is 0 Å². The molecule has 0 aromatic heterocycles. The van der Waals surface area contributed by atoms with E-state index >= 15 is 0 Å². The number of ether oxygens (including phenoxy) is 1. The highest BCUT2D eigenvalue weighted by Gasteiger charge is 2.34. The fourth-order valence-corrected chi connectivity index (χ4v) is 4.67. The summed E-state index contributed by atoms with van der Waals surface area (Å²) in [6.45, 7) is 3.96. The predicted octanol–water partition coefficient (Wildman–Crippen LogP) is 4.31. The first-order valence-electron chi connectivity index (χ1n) is 12.0. The summed E-state index contributed by atoms with van der Waals surface area (Å²) in [4.78, 5) is 37.2. The molecule has 2 atom stereocenters. The van der Waals surface area contributed by atoms with E-state index in [0.717, 1.165) is 35.1 Å². The molecule has 180 valence electrons. The van der Waals surface area contributed by atoms with Crippen LogP contribution in [0.25, 0.3) is 11.1 Å². The summed E-state index contributed by atoms with van der Waals surface area (Å²) in [5.74, 6) is -1.16. The molecular formula is C27H32N2O5. The van der Waals surface area contributed by atoms with Gasteiger partial charge in [-0.25, -0.2) is 9.59 Å². The van der Waals surface area contributed by atoms with E-state index in [4.69, 9.17) is 4.74 Å². The average molecular weight is 465 g/mol. The highest BCUT2D eigenvalue weighted by molar-refractivity contribution is 5.89. The summed E-state index contributed by atoms with van der Waals surface area (Å²) >= 11 is 0. The Morgan fingerprint density at radius 2 is 1.53 bits per heavy atom. The van der Waals surface area contributed by atoms with Crippen LogP contribution < -0.4 is 10.6 Å². The monoisotopic (exact) mass is 464 g/mol. The van der Waals surface area contributed by atoms with E-state index in [1.807, 2.05) is 50.2 Å². The maximum Gasteiger partial charge on any atom is 0.407 e. The van der Waals surface area contributed by atoms with Gasteiger partial charge in [0.15, 0.2) is 0 Å². The van der Waals surface area contributed by atoms with Gasteiger partial charge in [0.25, 0.3) is 0 Å². The Labute approximate surface area is 199 Å². The van der Waals surface area contributed by atoms with E-state index in [2.05, 4.69) is 22.8 Å². The van der Waals surface area contributed by atoms with Crippen LogP contribution >= 0.6 is 0 Å². The molecule has 1 fully saturated rings. The molecule has 1 unspecified atom stereocenters. The fourth-order valence-electron chi connectivity index (χ4n) is 4.67. The zero-order chi connectivity index (χ0) is 24.2. The van der Waals surface area contributed by atoms with E-state index in [0.29, 0.717) is 18.8 Å². The number of fused-ring (bicyclic) bond motifs is 3. The van der Waals surface area contributed by atoms with Gasteiger partial charge in [0.05, 0.1) is 0 Å². The minimum atomic E-state index is -1.08. The Hall–Kier alpha value is -3.35. The number of carboxylic acids is 1. The van der Waals surface area contributed by atoms with Gasteiger partial charge in [0.2, 0.25) is 5.91 Å². The van der Waals surface area contributed by atoms with Crippen LogP contribution in [-0.2, 0) is 14.3 Å². The smallest absolute Gasteiger partial charge is 0.407 e. The average Bonchev–Trinajstić information content (AvgIpc) is 3.57. The van der Waals surface area contributed by atoms with E-state index in [1.165, 1.54) is 0 Å². The van der Waals surface area contributed by atoms with Crippen LogP contribution in [0.3, 0.4) is 0 Å². The first-order valence-corrected chi connectivity index (χ1v) is 12.0. The molecule has 0 heterocycles. The van der Waals surface area contributed by atoms with Crippen molar-refractivity contribution in [3.8, 4) is 11.1 Å². The number of amides is 2. The molecule has 0 bridgehead atoms. The van der Waals surface area contributed by atoms with Gasteiger partial charge in [0, 0.05) is 5.92 Å². The Bertz CT molecular complexity index is 1020. The quantitative estimate of drug-likeness (QED) is 0.486. The number of alkyl carbamates (subject to hydrolysis) is 1. The molecule has 2 aliphatic carbocycles. The highest BCUT2D eigenvalue weighted by atomic mass is 16.5. The zero-order valence-corrected chi connectivity index (χ0v) is 19.6. The normalized spacial score (nSPS) is 16.3. The lowest BCUT2D eigenvalue weighted by Crippen LogP contribution is -2.52. The third-order valence-corrected chi connectivity index (χ3v) is 6.54. The van der Waals surface area contributed by atoms with Crippen molar-refractivity contribution in [3.05, 3.63) is 59.7 Å². The molecular weight excluding hydrogens is 432 g/mol. The Morgan fingerprint density at radius 3 is 2.06 bits per heavy atom. The van der Waals surface area contributed by atoms with E-state index in [9.17, 15) is 19.5 Å². The molecule has 34 heavy (non-hydrogen) atoms. The van der Waals surface area contributed by atoms with Gasteiger partial charge >= 0.3 is 12.1 Å². The highest BCUT2D eigenvalue weighted by Crippen LogP contribution is 2.44. The molecule has 2 aromatic rings. The van der Waals surface area contributed by atoms with Crippen LogP contribution in [0.2, 0.25) is 0 Å². The van der Waals surface area contributed by atoms with E-state index in [1.54, 1.807) is 0 Å². The molecule has 0 spiro atoms. The van der Waals surface area contributed by atoms with Gasteiger partial charge in [-0.2, -0.15) is 0 Å². The number of carboxylic acid groups (broad SMARTS) is 1. The van der Waals surface area contributed by atoms with Gasteiger partial charge in [-0.1, -0.05) is 75.2 Å². The summed E-state index contributed by atoms with van der Waals surface area (Å²) in [5.41, 5.74) is 4.51. The number of rotatable bonds is 10. The Kier molecular flexibility index (Phi) is 7.20. The fraction of sp³-hybridized carbons (Fsp3) is 0.444. The van der Waals surface area contributed by atoms with E-state index in [-0.39, 0.29) is 18.4 Å². The van der Waals surface area contributed by atoms with Crippen LogP contribution in [0.5, 0.6) is 0 Å². The minimum Gasteiger partial charge on any atom is -0.480 e. The molecule has 7 heteroatoms. The standard InChI is InChI=1S/C27H32N2O5/c1-16(2)13-24(26(31)32)28-25(30)23(14-17-11-12-17)29-27(33)34-15-22-20-9-5-3-7-18(20)19-8-4-6-10-21(19)22/h3-10,16-17,22-24H,11-15H2,1-2H3,(H,28,30)(H,29,33)(H,31,32)/t23?,24-/m0/s1. The molecule has 2 aliphatic rings. The first-order chi connectivity index (χ1) is 16.3. The van der Waals surface area contributed by atoms with Crippen LogP contribution in [0.1, 0.15) is 56.6 Å². The number of hydrogen-bond acceptors (Lipinski definition) is 4. The lowest BCUT2D eigenvalue weighted by Gasteiger charge is -2.22. The largest absolute Gasteiger partial charge is 0.480 e. The summed E-state index contributed by atoms with van der Waals surface area (Å²) < 4.78 is 5.59. The summed E-state index contributed by atoms with van der Waals surface area (Å²) in [5, 5.41) is 14.8. The molecule has 3 N–H and O–H groups in total. The summed E-state index contributed by atoms with van der Waals surface area (Å²) in [6, 6.07) is 14.4. The lowest BCUT2D eigenvalue weighted by molar-refractivity contribution is -0.142. The van der Waals surface area contributed by atoms with Gasteiger partial charge in [-0.05, 0) is 46.9 Å². The van der Waals surface area contributed by atoms with Crippen molar-refractivity contribution in [1.29, 1.82) is 0 Å². The molecule has 7 nitrogen and oxygen atoms in total. The van der Waals surface area contributed by atoms with Crippen molar-refractivity contribution >= 4 is 18.0 Å². The minimum absolute atomic E-state index is 0.0729. The van der Waals surface area contributed by atoms with Gasteiger partial charge in [0.1, 0.15) is 18.7 Å².